The molecule has 0 aromatic carbocycles. The van der Waals surface area contributed by atoms with Crippen molar-refractivity contribution < 1.29 is 16.7 Å². The van der Waals surface area contributed by atoms with Crippen LogP contribution in [0.3, 0.4) is 0 Å². The quantitative estimate of drug-likeness (QED) is 0.305. The minimum absolute atomic E-state index is 0.167. The van der Waals surface area contributed by atoms with Crippen LogP contribution < -0.4 is 0 Å². The molecule has 0 aromatic rings. The van der Waals surface area contributed by atoms with Crippen molar-refractivity contribution >= 4 is 9.42 Å². The molecule has 6 rings (SSSR count). The zero-order chi connectivity index (χ0) is 23.0. The summed E-state index contributed by atoms with van der Waals surface area (Å²) in [7, 11) is -4.54. The van der Waals surface area contributed by atoms with E-state index in [0.29, 0.717) is 0 Å². The van der Waals surface area contributed by atoms with Crippen molar-refractivity contribution in [2.75, 3.05) is 0 Å². The van der Waals surface area contributed by atoms with Crippen LogP contribution in [0.2, 0.25) is 0 Å². The molecule has 4 nitrogen and oxygen atoms in total. The van der Waals surface area contributed by atoms with E-state index in [1.165, 1.54) is 61.2 Å². The van der Waals surface area contributed by atoms with Crippen molar-refractivity contribution in [3.63, 3.8) is 0 Å². The van der Waals surface area contributed by atoms with Crippen LogP contribution in [-0.4, -0.2) is 24.4 Å². The topological polar surface area (TPSA) is 36.9 Å². The lowest BCUT2D eigenvalue weighted by Crippen LogP contribution is -2.54. The maximum absolute atomic E-state index is 7.81. The monoisotopic (exact) mass is 492 g/mol. The third kappa shape index (κ3) is 3.97. The van der Waals surface area contributed by atoms with Crippen LogP contribution >= 0.6 is 9.42 Å². The SMILES string of the molecule is C1=C(S(OC2CCCCC2)(OC2CCCC2)(OC2CCC2)(OC2CC2)C2=CCCCC2)CCC1. The van der Waals surface area contributed by atoms with Gasteiger partial charge in [0.15, 0.2) is 0 Å². The van der Waals surface area contributed by atoms with Gasteiger partial charge in [0.2, 0.25) is 0 Å². The first-order valence-corrected chi connectivity index (χ1v) is 17.0. The van der Waals surface area contributed by atoms with Crippen LogP contribution in [0.25, 0.3) is 0 Å². The summed E-state index contributed by atoms with van der Waals surface area (Å²) < 4.78 is 30.9. The van der Waals surface area contributed by atoms with E-state index >= 15 is 0 Å². The zero-order valence-corrected chi connectivity index (χ0v) is 22.2. The number of hydrogen-bond donors (Lipinski definition) is 0. The third-order valence-corrected chi connectivity index (χ3v) is 15.0. The van der Waals surface area contributed by atoms with Gasteiger partial charge in [-0.1, -0.05) is 44.3 Å². The lowest BCUT2D eigenvalue weighted by atomic mass is 9.97. The highest BCUT2D eigenvalue weighted by Gasteiger charge is 2.74. The summed E-state index contributed by atoms with van der Waals surface area (Å²) in [4.78, 5) is 2.57. The number of hydrogen-bond acceptors (Lipinski definition) is 4. The second-order valence-electron chi connectivity index (χ2n) is 12.0. The third-order valence-electron chi connectivity index (χ3n) is 9.20. The summed E-state index contributed by atoms with van der Waals surface area (Å²) in [5.41, 5.74) is 0. The predicted molar refractivity (Wildman–Crippen MR) is 140 cm³/mol. The van der Waals surface area contributed by atoms with E-state index in [1.807, 2.05) is 0 Å². The summed E-state index contributed by atoms with van der Waals surface area (Å²) in [6.07, 6.45) is 29.8. The fourth-order valence-electron chi connectivity index (χ4n) is 7.03. The smallest absolute Gasteiger partial charge is 0.0759 e. The standard InChI is InChI=1S/C29H48O4S/c1-3-12-24(13-4-1)30-34(33-27-22-23-27,29-20-9-10-21-29,32-26-16-11-17-26,28-18-5-2-6-19-28)31-25-14-7-8-15-25/h18,20,24-27H,1-17,19,21-23H2. The Morgan fingerprint density at radius 3 is 1.29 bits per heavy atom. The molecule has 0 unspecified atom stereocenters. The molecule has 6 aliphatic rings. The lowest BCUT2D eigenvalue weighted by Gasteiger charge is -2.80. The molecule has 0 spiro atoms. The number of rotatable bonds is 10. The van der Waals surface area contributed by atoms with Crippen molar-refractivity contribution in [2.45, 2.75) is 159 Å². The molecule has 0 saturated heterocycles. The second kappa shape index (κ2) is 9.20. The number of allylic oxidation sites excluding steroid dienone is 4. The maximum Gasteiger partial charge on any atom is 0.0759 e. The molecular formula is C29H48O4S. The first-order chi connectivity index (χ1) is 16.7. The average molecular weight is 493 g/mol. The molecule has 0 aromatic heterocycles. The minimum Gasteiger partial charge on any atom is -0.284 e. The Kier molecular flexibility index (Phi) is 6.51. The Morgan fingerprint density at radius 2 is 0.882 bits per heavy atom. The largest absolute Gasteiger partial charge is 0.284 e. The van der Waals surface area contributed by atoms with E-state index in [4.69, 9.17) is 16.7 Å². The Balaban J connectivity index is 1.60. The van der Waals surface area contributed by atoms with Gasteiger partial charge in [0.1, 0.15) is 0 Å². The van der Waals surface area contributed by atoms with Gasteiger partial charge in [-0.2, -0.15) is 0 Å². The second-order valence-corrected chi connectivity index (χ2v) is 16.1. The van der Waals surface area contributed by atoms with Crippen molar-refractivity contribution in [3.8, 4) is 0 Å². The van der Waals surface area contributed by atoms with Crippen molar-refractivity contribution in [2.24, 2.45) is 0 Å². The molecule has 0 aliphatic heterocycles. The summed E-state index contributed by atoms with van der Waals surface area (Å²) in [5, 5.41) is 0. The van der Waals surface area contributed by atoms with Gasteiger partial charge in [-0.25, -0.2) is 0 Å². The van der Waals surface area contributed by atoms with Crippen molar-refractivity contribution in [1.29, 1.82) is 0 Å². The molecule has 34 heavy (non-hydrogen) atoms. The Morgan fingerprint density at radius 1 is 0.441 bits per heavy atom. The van der Waals surface area contributed by atoms with E-state index < -0.39 is 9.42 Å². The molecule has 0 bridgehead atoms. The Labute approximate surface area is 207 Å². The highest BCUT2D eigenvalue weighted by molar-refractivity contribution is 8.56. The highest BCUT2D eigenvalue weighted by atomic mass is 32.4. The van der Waals surface area contributed by atoms with Crippen LogP contribution in [0.1, 0.15) is 135 Å². The Bertz CT molecular complexity index is 820. The van der Waals surface area contributed by atoms with E-state index in [0.717, 1.165) is 83.5 Å². The fraction of sp³-hybridized carbons (Fsp3) is 0.862. The van der Waals surface area contributed by atoms with Crippen LogP contribution in [0.15, 0.2) is 22.0 Å². The average Bonchev–Trinajstić information content (AvgIpc) is 3.27. The van der Waals surface area contributed by atoms with E-state index in [2.05, 4.69) is 12.2 Å². The van der Waals surface area contributed by atoms with Gasteiger partial charge in [-0.05, 0) is 103 Å². The normalized spacial score (nSPS) is 29.9. The molecule has 0 N–H and O–H groups in total. The lowest BCUT2D eigenvalue weighted by molar-refractivity contribution is -0.0365. The van der Waals surface area contributed by atoms with E-state index in [1.54, 1.807) is 0 Å². The van der Waals surface area contributed by atoms with Gasteiger partial charge in [-0.15, -0.1) is 0 Å². The first-order valence-electron chi connectivity index (χ1n) is 14.9. The molecule has 6 aliphatic carbocycles. The summed E-state index contributed by atoms with van der Waals surface area (Å²) in [5.74, 6) is 0. The van der Waals surface area contributed by atoms with E-state index in [-0.39, 0.29) is 24.4 Å². The minimum atomic E-state index is -4.54. The van der Waals surface area contributed by atoms with Crippen molar-refractivity contribution in [1.82, 2.24) is 0 Å². The molecular weight excluding hydrogens is 444 g/mol. The highest BCUT2D eigenvalue weighted by Crippen LogP contribution is 3.04. The first kappa shape index (κ1) is 24.0. The van der Waals surface area contributed by atoms with Gasteiger partial charge < -0.3 is 0 Å². The van der Waals surface area contributed by atoms with Gasteiger partial charge in [0.25, 0.3) is 0 Å². The molecule has 5 heteroatoms. The fourth-order valence-corrected chi connectivity index (χ4v) is 13.9. The van der Waals surface area contributed by atoms with Gasteiger partial charge >= 0.3 is 0 Å². The molecule has 0 atom stereocenters. The molecule has 194 valence electrons. The van der Waals surface area contributed by atoms with Gasteiger partial charge in [0, 0.05) is 9.81 Å². The zero-order valence-electron chi connectivity index (χ0n) is 21.4. The predicted octanol–water partition coefficient (Wildman–Crippen LogP) is 9.10. The van der Waals surface area contributed by atoms with Crippen LogP contribution in [0.5, 0.6) is 0 Å². The van der Waals surface area contributed by atoms with Crippen LogP contribution in [-0.2, 0) is 16.7 Å². The molecule has 0 amide bonds. The summed E-state index contributed by atoms with van der Waals surface area (Å²) in [6.45, 7) is 0. The molecule has 4 saturated carbocycles. The summed E-state index contributed by atoms with van der Waals surface area (Å²) in [6, 6.07) is 0. The van der Waals surface area contributed by atoms with E-state index in [9.17, 15) is 0 Å². The molecule has 0 radical (unpaired) electrons. The molecule has 4 fully saturated rings. The van der Waals surface area contributed by atoms with Gasteiger partial charge in [0.05, 0.1) is 33.8 Å². The van der Waals surface area contributed by atoms with Gasteiger partial charge in [-0.3, -0.25) is 16.7 Å². The molecule has 0 heterocycles. The Hall–Kier alpha value is -0.330. The van der Waals surface area contributed by atoms with Crippen LogP contribution in [0, 0.1) is 0 Å². The summed E-state index contributed by atoms with van der Waals surface area (Å²) >= 11 is 0. The van der Waals surface area contributed by atoms with Crippen LogP contribution in [0.4, 0.5) is 0 Å². The maximum atomic E-state index is 7.81. The van der Waals surface area contributed by atoms with Crippen molar-refractivity contribution in [3.05, 3.63) is 22.0 Å².